The summed E-state index contributed by atoms with van der Waals surface area (Å²) in [6.07, 6.45) is 0. The second kappa shape index (κ2) is 5.52. The van der Waals surface area contributed by atoms with Crippen LogP contribution in [0.3, 0.4) is 0 Å². The van der Waals surface area contributed by atoms with Crippen molar-refractivity contribution in [3.8, 4) is 0 Å². The van der Waals surface area contributed by atoms with E-state index in [2.05, 4.69) is 13.0 Å². The van der Waals surface area contributed by atoms with Gasteiger partial charge in [0.25, 0.3) is 0 Å². The molecule has 0 fully saturated rings. The predicted molar refractivity (Wildman–Crippen MR) is 88.3 cm³/mol. The highest BCUT2D eigenvalue weighted by molar-refractivity contribution is 7.89. The van der Waals surface area contributed by atoms with E-state index in [9.17, 15) is 8.42 Å². The second-order valence-electron chi connectivity index (χ2n) is 6.09. The van der Waals surface area contributed by atoms with Gasteiger partial charge in [-0.25, -0.2) is 8.42 Å². The number of hydrogen-bond donors (Lipinski definition) is 0. The van der Waals surface area contributed by atoms with E-state index in [0.717, 1.165) is 11.1 Å². The Bertz CT molecular complexity index is 781. The van der Waals surface area contributed by atoms with Crippen LogP contribution in [0.5, 0.6) is 0 Å². The predicted octanol–water partition coefficient (Wildman–Crippen LogP) is 3.86. The molecule has 0 saturated carbocycles. The minimum atomic E-state index is -3.47. The summed E-state index contributed by atoms with van der Waals surface area (Å²) in [5.74, 6) is 0.202. The lowest BCUT2D eigenvalue weighted by molar-refractivity contribution is 0.304. The molecule has 116 valence electrons. The van der Waals surface area contributed by atoms with Gasteiger partial charge in [0.1, 0.15) is 0 Å². The summed E-state index contributed by atoms with van der Waals surface area (Å²) in [5.41, 5.74) is 3.42. The molecule has 2 atom stereocenters. The highest BCUT2D eigenvalue weighted by Crippen LogP contribution is 2.38. The van der Waals surface area contributed by atoms with Crippen LogP contribution in [-0.4, -0.2) is 19.3 Å². The summed E-state index contributed by atoms with van der Waals surface area (Å²) < 4.78 is 27.6. The van der Waals surface area contributed by atoms with Gasteiger partial charge >= 0.3 is 0 Å². The van der Waals surface area contributed by atoms with Crippen LogP contribution in [0.4, 0.5) is 0 Å². The maximum Gasteiger partial charge on any atom is 0.243 e. The molecule has 1 heterocycles. The molecule has 0 amide bonds. The Morgan fingerprint density at radius 3 is 2.18 bits per heavy atom. The molecule has 0 N–H and O–H groups in total. The molecule has 0 aliphatic carbocycles. The molecule has 0 bridgehead atoms. The van der Waals surface area contributed by atoms with Crippen molar-refractivity contribution < 1.29 is 8.42 Å². The van der Waals surface area contributed by atoms with Crippen molar-refractivity contribution in [1.82, 2.24) is 4.31 Å². The Balaban J connectivity index is 2.04. The number of benzene rings is 2. The Morgan fingerprint density at radius 1 is 0.955 bits per heavy atom. The summed E-state index contributed by atoms with van der Waals surface area (Å²) in [7, 11) is -3.47. The molecule has 2 aromatic rings. The molecule has 3 rings (SSSR count). The second-order valence-corrected chi connectivity index (χ2v) is 7.98. The summed E-state index contributed by atoms with van der Waals surface area (Å²) in [6.45, 7) is 6.53. The molecule has 0 radical (unpaired) electrons. The third kappa shape index (κ3) is 2.46. The molecule has 3 nitrogen and oxygen atoms in total. The normalized spacial score (nSPS) is 22.3. The molecule has 0 saturated heterocycles. The van der Waals surface area contributed by atoms with Crippen molar-refractivity contribution in [1.29, 1.82) is 0 Å². The average molecular weight is 315 g/mol. The Kier molecular flexibility index (Phi) is 3.83. The van der Waals surface area contributed by atoms with Crippen LogP contribution in [0.2, 0.25) is 0 Å². The summed E-state index contributed by atoms with van der Waals surface area (Å²) >= 11 is 0. The van der Waals surface area contributed by atoms with Crippen LogP contribution in [0.1, 0.15) is 42.5 Å². The summed E-state index contributed by atoms with van der Waals surface area (Å²) in [6, 6.07) is 15.1. The molecular weight excluding hydrogens is 294 g/mol. The lowest BCUT2D eigenvalue weighted by atomic mass is 9.88. The minimum Gasteiger partial charge on any atom is -0.207 e. The maximum absolute atomic E-state index is 13.0. The molecule has 22 heavy (non-hydrogen) atoms. The zero-order valence-corrected chi connectivity index (χ0v) is 14.0. The number of nitrogens with zero attached hydrogens (tertiary/aromatic N) is 1. The van der Waals surface area contributed by atoms with Gasteiger partial charge in [0.2, 0.25) is 10.0 Å². The first kappa shape index (κ1) is 15.3. The number of sulfonamides is 1. The smallest absolute Gasteiger partial charge is 0.207 e. The van der Waals surface area contributed by atoms with Gasteiger partial charge in [-0.1, -0.05) is 48.9 Å². The van der Waals surface area contributed by atoms with Crippen LogP contribution in [0.15, 0.2) is 53.4 Å². The van der Waals surface area contributed by atoms with E-state index < -0.39 is 10.0 Å². The lowest BCUT2D eigenvalue weighted by Crippen LogP contribution is -2.40. The van der Waals surface area contributed by atoms with Crippen molar-refractivity contribution >= 4 is 10.0 Å². The van der Waals surface area contributed by atoms with Crippen LogP contribution in [0.25, 0.3) is 0 Å². The van der Waals surface area contributed by atoms with E-state index in [4.69, 9.17) is 0 Å². The van der Waals surface area contributed by atoms with Gasteiger partial charge in [0.05, 0.1) is 4.90 Å². The van der Waals surface area contributed by atoms with E-state index in [1.165, 1.54) is 5.56 Å². The summed E-state index contributed by atoms with van der Waals surface area (Å²) in [4.78, 5) is 0.372. The van der Waals surface area contributed by atoms with Crippen molar-refractivity contribution in [2.24, 2.45) is 0 Å². The van der Waals surface area contributed by atoms with Crippen LogP contribution >= 0.6 is 0 Å². The van der Waals surface area contributed by atoms with Gasteiger partial charge in [0.15, 0.2) is 0 Å². The Morgan fingerprint density at radius 2 is 1.55 bits per heavy atom. The van der Waals surface area contributed by atoms with Gasteiger partial charge in [-0.05, 0) is 43.0 Å². The zero-order chi connectivity index (χ0) is 15.9. The first-order valence-electron chi connectivity index (χ1n) is 7.58. The van der Waals surface area contributed by atoms with Gasteiger partial charge < -0.3 is 0 Å². The van der Waals surface area contributed by atoms with E-state index >= 15 is 0 Å². The van der Waals surface area contributed by atoms with Crippen molar-refractivity contribution in [2.45, 2.75) is 37.6 Å². The fraction of sp³-hybridized carbons (Fsp3) is 0.333. The van der Waals surface area contributed by atoms with E-state index in [0.29, 0.717) is 11.4 Å². The van der Waals surface area contributed by atoms with Crippen molar-refractivity contribution in [3.63, 3.8) is 0 Å². The zero-order valence-electron chi connectivity index (χ0n) is 13.2. The van der Waals surface area contributed by atoms with Crippen molar-refractivity contribution in [3.05, 3.63) is 65.2 Å². The topological polar surface area (TPSA) is 37.4 Å². The van der Waals surface area contributed by atoms with Gasteiger partial charge in [-0.3, -0.25) is 0 Å². The molecule has 2 aromatic carbocycles. The number of aryl methyl sites for hydroxylation is 1. The Hall–Kier alpha value is -1.65. The lowest BCUT2D eigenvalue weighted by Gasteiger charge is -2.37. The highest BCUT2D eigenvalue weighted by atomic mass is 32.2. The molecular formula is C18H21NO2S. The molecule has 4 heteroatoms. The SMILES string of the molecule is Cc1ccc(S(=O)(=O)N2C[C@H](C)c3ccccc3[C@@H]2C)cc1. The molecule has 0 aromatic heterocycles. The third-order valence-corrected chi connectivity index (χ3v) is 6.44. The van der Waals surface area contributed by atoms with Crippen LogP contribution < -0.4 is 0 Å². The monoisotopic (exact) mass is 315 g/mol. The van der Waals surface area contributed by atoms with Crippen LogP contribution in [0, 0.1) is 6.92 Å². The van der Waals surface area contributed by atoms with E-state index in [-0.39, 0.29) is 12.0 Å². The Labute approximate surface area is 132 Å². The first-order chi connectivity index (χ1) is 10.4. The quantitative estimate of drug-likeness (QED) is 0.844. The first-order valence-corrected chi connectivity index (χ1v) is 9.02. The van der Waals surface area contributed by atoms with E-state index in [1.54, 1.807) is 16.4 Å². The maximum atomic E-state index is 13.0. The van der Waals surface area contributed by atoms with Gasteiger partial charge in [-0.2, -0.15) is 4.31 Å². The average Bonchev–Trinajstić information content (AvgIpc) is 2.51. The van der Waals surface area contributed by atoms with E-state index in [1.807, 2.05) is 44.2 Å². The largest absolute Gasteiger partial charge is 0.243 e. The highest BCUT2D eigenvalue weighted by Gasteiger charge is 2.36. The fourth-order valence-corrected chi connectivity index (χ4v) is 4.87. The molecule has 1 aliphatic heterocycles. The van der Waals surface area contributed by atoms with Gasteiger partial charge in [0, 0.05) is 12.6 Å². The number of hydrogen-bond acceptors (Lipinski definition) is 2. The molecule has 0 unspecified atom stereocenters. The summed E-state index contributed by atoms with van der Waals surface area (Å²) in [5, 5.41) is 0. The standard InChI is InChI=1S/C18H21NO2S/c1-13-8-10-16(11-9-13)22(20,21)19-12-14(2)17-6-4-5-7-18(17)15(19)3/h4-11,14-15H,12H2,1-3H3/t14-,15-/m0/s1. The third-order valence-electron chi connectivity index (χ3n) is 4.49. The fourth-order valence-electron chi connectivity index (χ4n) is 3.17. The minimum absolute atomic E-state index is 0.140. The number of fused-ring (bicyclic) bond motifs is 1. The van der Waals surface area contributed by atoms with Crippen LogP contribution in [-0.2, 0) is 10.0 Å². The molecule has 0 spiro atoms. The molecule has 1 aliphatic rings. The van der Waals surface area contributed by atoms with Gasteiger partial charge in [-0.15, -0.1) is 0 Å². The van der Waals surface area contributed by atoms with Crippen molar-refractivity contribution in [2.75, 3.05) is 6.54 Å². The number of rotatable bonds is 2.